The predicted molar refractivity (Wildman–Crippen MR) is 111 cm³/mol. The van der Waals surface area contributed by atoms with Crippen LogP contribution >= 0.6 is 0 Å². The first-order valence-corrected chi connectivity index (χ1v) is 9.24. The predicted octanol–water partition coefficient (Wildman–Crippen LogP) is 4.14. The topological polar surface area (TPSA) is 142 Å². The molecule has 0 saturated carbocycles. The number of rotatable bonds is 8. The molecule has 31 heavy (non-hydrogen) atoms. The van der Waals surface area contributed by atoms with E-state index in [4.69, 9.17) is 4.74 Å². The van der Waals surface area contributed by atoms with Gasteiger partial charge in [-0.25, -0.2) is 0 Å². The summed E-state index contributed by atoms with van der Waals surface area (Å²) in [5.74, 6) is 0.311. The standard InChI is InChI=1S/C20H19N5O6/c1-13-5-3-4-6-19(13)31-17-10-15(9-16(11-17)24(27)28)21-20(26)7-8-23-12-18(25(29)30)14(2)22-23/h3-6,9-12H,7-8H2,1-2H3,(H,21,26). The smallest absolute Gasteiger partial charge is 0.309 e. The molecule has 0 unspecified atom stereocenters. The molecular weight excluding hydrogens is 406 g/mol. The quantitative estimate of drug-likeness (QED) is 0.422. The average molecular weight is 425 g/mol. The molecule has 160 valence electrons. The van der Waals surface area contributed by atoms with E-state index in [0.29, 0.717) is 5.75 Å². The second kappa shape index (κ2) is 9.03. The molecule has 1 aromatic heterocycles. The molecule has 0 saturated heterocycles. The minimum Gasteiger partial charge on any atom is -0.457 e. The van der Waals surface area contributed by atoms with E-state index in [1.807, 2.05) is 19.1 Å². The SMILES string of the molecule is Cc1ccccc1Oc1cc(NC(=O)CCn2cc([N+](=O)[O-])c(C)n2)cc([N+](=O)[O-])c1. The lowest BCUT2D eigenvalue weighted by atomic mass is 10.2. The van der Waals surface area contributed by atoms with Crippen LogP contribution in [0.5, 0.6) is 11.5 Å². The maximum absolute atomic E-state index is 12.3. The fraction of sp³-hybridized carbons (Fsp3) is 0.200. The zero-order chi connectivity index (χ0) is 22.5. The van der Waals surface area contributed by atoms with Crippen molar-refractivity contribution < 1.29 is 19.4 Å². The number of aryl methyl sites for hydroxylation is 3. The first kappa shape index (κ1) is 21.4. The number of anilines is 1. The van der Waals surface area contributed by atoms with Gasteiger partial charge in [-0.15, -0.1) is 0 Å². The Morgan fingerprint density at radius 2 is 1.87 bits per heavy atom. The van der Waals surface area contributed by atoms with Gasteiger partial charge in [0.1, 0.15) is 23.4 Å². The van der Waals surface area contributed by atoms with Crippen molar-refractivity contribution in [2.45, 2.75) is 26.8 Å². The minimum absolute atomic E-state index is 0.0328. The lowest BCUT2D eigenvalue weighted by Crippen LogP contribution is -2.15. The molecule has 0 aliphatic heterocycles. The van der Waals surface area contributed by atoms with E-state index in [9.17, 15) is 25.0 Å². The number of non-ortho nitro benzene ring substituents is 1. The van der Waals surface area contributed by atoms with Crippen molar-refractivity contribution in [3.05, 3.63) is 80.1 Å². The third kappa shape index (κ3) is 5.41. The summed E-state index contributed by atoms with van der Waals surface area (Å²) >= 11 is 0. The van der Waals surface area contributed by atoms with Crippen LogP contribution in [0.15, 0.2) is 48.7 Å². The van der Waals surface area contributed by atoms with Gasteiger partial charge in [-0.1, -0.05) is 18.2 Å². The molecule has 11 nitrogen and oxygen atoms in total. The molecule has 0 atom stereocenters. The molecule has 0 spiro atoms. The average Bonchev–Trinajstić information content (AvgIpc) is 3.09. The highest BCUT2D eigenvalue weighted by molar-refractivity contribution is 5.91. The second-order valence-corrected chi connectivity index (χ2v) is 6.76. The summed E-state index contributed by atoms with van der Waals surface area (Å²) in [5.41, 5.74) is 0.937. The van der Waals surface area contributed by atoms with Gasteiger partial charge in [0.25, 0.3) is 5.69 Å². The summed E-state index contributed by atoms with van der Waals surface area (Å²) in [6.45, 7) is 3.46. The van der Waals surface area contributed by atoms with Gasteiger partial charge in [0.05, 0.1) is 21.6 Å². The Morgan fingerprint density at radius 3 is 2.52 bits per heavy atom. The van der Waals surface area contributed by atoms with Gasteiger partial charge in [0.2, 0.25) is 5.91 Å². The van der Waals surface area contributed by atoms with Crippen molar-refractivity contribution >= 4 is 23.0 Å². The number of benzene rings is 2. The van der Waals surface area contributed by atoms with Crippen molar-refractivity contribution in [2.24, 2.45) is 0 Å². The van der Waals surface area contributed by atoms with Crippen LogP contribution in [-0.2, 0) is 11.3 Å². The van der Waals surface area contributed by atoms with Gasteiger partial charge in [-0.2, -0.15) is 5.10 Å². The van der Waals surface area contributed by atoms with E-state index >= 15 is 0 Å². The summed E-state index contributed by atoms with van der Waals surface area (Å²) in [7, 11) is 0. The molecule has 3 aromatic rings. The number of hydrogen-bond acceptors (Lipinski definition) is 7. The fourth-order valence-electron chi connectivity index (χ4n) is 2.86. The van der Waals surface area contributed by atoms with Crippen LogP contribution in [0, 0.1) is 34.1 Å². The summed E-state index contributed by atoms with van der Waals surface area (Å²) < 4.78 is 7.07. The Hall–Kier alpha value is -4.28. The first-order chi connectivity index (χ1) is 14.7. The van der Waals surface area contributed by atoms with Crippen molar-refractivity contribution in [3.63, 3.8) is 0 Å². The van der Waals surface area contributed by atoms with Crippen LogP contribution < -0.4 is 10.1 Å². The van der Waals surface area contributed by atoms with Gasteiger partial charge in [-0.3, -0.25) is 29.7 Å². The minimum atomic E-state index is -0.577. The number of aromatic nitrogens is 2. The van der Waals surface area contributed by atoms with Crippen LogP contribution in [0.1, 0.15) is 17.7 Å². The second-order valence-electron chi connectivity index (χ2n) is 6.76. The highest BCUT2D eigenvalue weighted by Crippen LogP contribution is 2.31. The van der Waals surface area contributed by atoms with E-state index in [2.05, 4.69) is 10.4 Å². The number of ether oxygens (including phenoxy) is 1. The van der Waals surface area contributed by atoms with Crippen LogP contribution in [0.25, 0.3) is 0 Å². The van der Waals surface area contributed by atoms with Crippen molar-refractivity contribution in [1.29, 1.82) is 0 Å². The Labute approximate surface area is 176 Å². The molecule has 11 heteroatoms. The van der Waals surface area contributed by atoms with Gasteiger partial charge in [-0.05, 0) is 25.5 Å². The Kier molecular flexibility index (Phi) is 6.24. The van der Waals surface area contributed by atoms with Crippen LogP contribution in [0.2, 0.25) is 0 Å². The normalized spacial score (nSPS) is 10.5. The zero-order valence-corrected chi connectivity index (χ0v) is 16.8. The first-order valence-electron chi connectivity index (χ1n) is 9.24. The third-order valence-electron chi connectivity index (χ3n) is 4.39. The van der Waals surface area contributed by atoms with Gasteiger partial charge < -0.3 is 10.1 Å². The Morgan fingerprint density at radius 1 is 1.13 bits per heavy atom. The Bertz CT molecular complexity index is 1160. The van der Waals surface area contributed by atoms with Crippen LogP contribution in [0.4, 0.5) is 17.1 Å². The molecule has 0 aliphatic rings. The van der Waals surface area contributed by atoms with E-state index in [-0.39, 0.29) is 41.5 Å². The Balaban J connectivity index is 1.72. The zero-order valence-electron chi connectivity index (χ0n) is 16.8. The number of nitro groups is 2. The maximum atomic E-state index is 12.3. The molecule has 1 amide bonds. The van der Waals surface area contributed by atoms with Gasteiger partial charge in [0.15, 0.2) is 0 Å². The number of carbonyl (C=O) groups excluding carboxylic acids is 1. The maximum Gasteiger partial charge on any atom is 0.309 e. The third-order valence-corrected chi connectivity index (χ3v) is 4.39. The van der Waals surface area contributed by atoms with Gasteiger partial charge in [0, 0.05) is 25.1 Å². The number of carbonyl (C=O) groups is 1. The lowest BCUT2D eigenvalue weighted by Gasteiger charge is -2.11. The molecular formula is C20H19N5O6. The monoisotopic (exact) mass is 425 g/mol. The van der Waals surface area contributed by atoms with Crippen molar-refractivity contribution in [2.75, 3.05) is 5.32 Å². The molecule has 0 fully saturated rings. The van der Waals surface area contributed by atoms with Crippen LogP contribution in [0.3, 0.4) is 0 Å². The van der Waals surface area contributed by atoms with Crippen molar-refractivity contribution in [1.82, 2.24) is 9.78 Å². The summed E-state index contributed by atoms with van der Waals surface area (Å²) in [5, 5.41) is 28.8. The number of amides is 1. The van der Waals surface area contributed by atoms with Crippen molar-refractivity contribution in [3.8, 4) is 11.5 Å². The number of hydrogen-bond donors (Lipinski definition) is 1. The van der Waals surface area contributed by atoms with Gasteiger partial charge >= 0.3 is 5.69 Å². The molecule has 0 bridgehead atoms. The number of nitrogens with one attached hydrogen (secondary N) is 1. The fourth-order valence-corrected chi connectivity index (χ4v) is 2.86. The molecule has 3 rings (SSSR count). The molecule has 1 N–H and O–H groups in total. The summed E-state index contributed by atoms with van der Waals surface area (Å²) in [6, 6.07) is 11.2. The van der Waals surface area contributed by atoms with E-state index < -0.39 is 15.8 Å². The largest absolute Gasteiger partial charge is 0.457 e. The molecule has 0 radical (unpaired) electrons. The highest BCUT2D eigenvalue weighted by atomic mass is 16.6. The van der Waals surface area contributed by atoms with E-state index in [1.165, 1.54) is 36.0 Å². The number of para-hydroxylation sites is 1. The highest BCUT2D eigenvalue weighted by Gasteiger charge is 2.17. The molecule has 1 heterocycles. The van der Waals surface area contributed by atoms with Crippen LogP contribution in [-0.4, -0.2) is 25.5 Å². The summed E-state index contributed by atoms with van der Waals surface area (Å²) in [4.78, 5) is 33.4. The van der Waals surface area contributed by atoms with E-state index in [1.54, 1.807) is 12.1 Å². The number of nitrogens with zero attached hydrogens (tertiary/aromatic N) is 4. The number of nitro benzene ring substituents is 1. The molecule has 2 aromatic carbocycles. The summed E-state index contributed by atoms with van der Waals surface area (Å²) in [6.07, 6.45) is 1.22. The van der Waals surface area contributed by atoms with E-state index in [0.717, 1.165) is 5.56 Å². The molecule has 0 aliphatic carbocycles. The lowest BCUT2D eigenvalue weighted by molar-refractivity contribution is -0.385.